The molecule has 0 fully saturated rings. The van der Waals surface area contributed by atoms with Gasteiger partial charge in [-0.25, -0.2) is 0 Å². The summed E-state index contributed by atoms with van der Waals surface area (Å²) in [6, 6.07) is 14.0. The molecule has 0 aliphatic carbocycles. The van der Waals surface area contributed by atoms with Crippen LogP contribution in [0.25, 0.3) is 10.9 Å². The number of aryl methyl sites for hydroxylation is 1. The van der Waals surface area contributed by atoms with Crippen molar-refractivity contribution in [3.8, 4) is 5.75 Å². The van der Waals surface area contributed by atoms with Gasteiger partial charge in [0.05, 0.1) is 5.52 Å². The Labute approximate surface area is 115 Å². The SMILES string of the molecule is Cn1nc(C(=O)Nc2cccc(O)c2)c2ccccc21. The van der Waals surface area contributed by atoms with E-state index in [0.29, 0.717) is 11.4 Å². The third-order valence-electron chi connectivity index (χ3n) is 3.08. The zero-order chi connectivity index (χ0) is 14.1. The number of benzene rings is 2. The van der Waals surface area contributed by atoms with Gasteiger partial charge in [0, 0.05) is 24.2 Å². The Balaban J connectivity index is 1.97. The highest BCUT2D eigenvalue weighted by Gasteiger charge is 2.15. The van der Waals surface area contributed by atoms with Crippen LogP contribution in [-0.2, 0) is 7.05 Å². The highest BCUT2D eigenvalue weighted by atomic mass is 16.3. The molecule has 5 heteroatoms. The molecule has 5 nitrogen and oxygen atoms in total. The fourth-order valence-corrected chi connectivity index (χ4v) is 2.16. The summed E-state index contributed by atoms with van der Waals surface area (Å²) in [4.78, 5) is 12.3. The molecule has 0 saturated heterocycles. The number of phenols is 1. The molecule has 0 unspecified atom stereocenters. The van der Waals surface area contributed by atoms with E-state index in [2.05, 4.69) is 10.4 Å². The molecular weight excluding hydrogens is 254 g/mol. The normalized spacial score (nSPS) is 10.7. The lowest BCUT2D eigenvalue weighted by molar-refractivity contribution is 0.102. The van der Waals surface area contributed by atoms with E-state index in [1.165, 1.54) is 6.07 Å². The van der Waals surface area contributed by atoms with Crippen LogP contribution in [0.1, 0.15) is 10.5 Å². The number of para-hydroxylation sites is 1. The first kappa shape index (κ1) is 12.2. The maximum atomic E-state index is 12.3. The summed E-state index contributed by atoms with van der Waals surface area (Å²) in [5, 5.41) is 17.2. The van der Waals surface area contributed by atoms with Gasteiger partial charge in [0.2, 0.25) is 0 Å². The van der Waals surface area contributed by atoms with Crippen molar-refractivity contribution in [3.05, 3.63) is 54.2 Å². The monoisotopic (exact) mass is 267 g/mol. The molecule has 1 heterocycles. The number of fused-ring (bicyclic) bond motifs is 1. The van der Waals surface area contributed by atoms with Gasteiger partial charge in [-0.1, -0.05) is 24.3 Å². The molecule has 0 spiro atoms. The van der Waals surface area contributed by atoms with E-state index in [1.54, 1.807) is 29.9 Å². The Morgan fingerprint density at radius 2 is 2.00 bits per heavy atom. The third-order valence-corrected chi connectivity index (χ3v) is 3.08. The maximum Gasteiger partial charge on any atom is 0.276 e. The number of nitrogens with zero attached hydrogens (tertiary/aromatic N) is 2. The van der Waals surface area contributed by atoms with E-state index < -0.39 is 0 Å². The lowest BCUT2D eigenvalue weighted by atomic mass is 10.2. The van der Waals surface area contributed by atoms with Crippen LogP contribution >= 0.6 is 0 Å². The standard InChI is InChI=1S/C15H13N3O2/c1-18-13-8-3-2-7-12(13)14(17-18)15(20)16-10-5-4-6-11(19)9-10/h2-9,19H,1H3,(H,16,20). The minimum atomic E-state index is -0.299. The molecule has 3 aromatic rings. The van der Waals surface area contributed by atoms with Gasteiger partial charge < -0.3 is 10.4 Å². The smallest absolute Gasteiger partial charge is 0.276 e. The van der Waals surface area contributed by atoms with Crippen molar-refractivity contribution < 1.29 is 9.90 Å². The summed E-state index contributed by atoms with van der Waals surface area (Å²) in [7, 11) is 1.80. The first-order valence-corrected chi connectivity index (χ1v) is 6.17. The summed E-state index contributed by atoms with van der Waals surface area (Å²) in [5.41, 5.74) is 1.80. The van der Waals surface area contributed by atoms with Crippen molar-refractivity contribution in [1.29, 1.82) is 0 Å². The first-order chi connectivity index (χ1) is 9.65. The molecule has 0 radical (unpaired) electrons. The van der Waals surface area contributed by atoms with Gasteiger partial charge in [-0.2, -0.15) is 5.10 Å². The van der Waals surface area contributed by atoms with Crippen LogP contribution in [0, 0.1) is 0 Å². The Bertz CT molecular complexity index is 793. The van der Waals surface area contributed by atoms with Crippen molar-refractivity contribution >= 4 is 22.5 Å². The number of hydrogen-bond acceptors (Lipinski definition) is 3. The molecular formula is C15H13N3O2. The molecule has 2 N–H and O–H groups in total. The fourth-order valence-electron chi connectivity index (χ4n) is 2.16. The number of carbonyl (C=O) groups is 1. The second-order valence-electron chi connectivity index (χ2n) is 4.49. The molecule has 2 aromatic carbocycles. The highest BCUT2D eigenvalue weighted by molar-refractivity contribution is 6.11. The zero-order valence-corrected chi connectivity index (χ0v) is 10.9. The lowest BCUT2D eigenvalue weighted by Gasteiger charge is -2.03. The minimum absolute atomic E-state index is 0.105. The number of aromatic nitrogens is 2. The number of carbonyl (C=O) groups excluding carboxylic acids is 1. The van der Waals surface area contributed by atoms with E-state index in [-0.39, 0.29) is 11.7 Å². The molecule has 20 heavy (non-hydrogen) atoms. The first-order valence-electron chi connectivity index (χ1n) is 6.17. The molecule has 0 saturated carbocycles. The number of aromatic hydroxyl groups is 1. The Hall–Kier alpha value is -2.82. The van der Waals surface area contributed by atoms with Gasteiger partial charge in [0.25, 0.3) is 5.91 Å². The predicted molar refractivity (Wildman–Crippen MR) is 76.8 cm³/mol. The largest absolute Gasteiger partial charge is 0.508 e. The van der Waals surface area contributed by atoms with Crippen LogP contribution < -0.4 is 5.32 Å². The number of anilines is 1. The predicted octanol–water partition coefficient (Wildman–Crippen LogP) is 2.53. The van der Waals surface area contributed by atoms with Crippen molar-refractivity contribution in [2.75, 3.05) is 5.32 Å². The van der Waals surface area contributed by atoms with E-state index in [1.807, 2.05) is 24.3 Å². The average molecular weight is 267 g/mol. The van der Waals surface area contributed by atoms with Crippen LogP contribution in [-0.4, -0.2) is 20.8 Å². The molecule has 3 rings (SSSR count). The summed E-state index contributed by atoms with van der Waals surface area (Å²) >= 11 is 0. The molecule has 0 bridgehead atoms. The zero-order valence-electron chi connectivity index (χ0n) is 10.9. The number of nitrogens with one attached hydrogen (secondary N) is 1. The molecule has 1 amide bonds. The average Bonchev–Trinajstić information content (AvgIpc) is 2.77. The molecule has 1 aromatic heterocycles. The fraction of sp³-hybridized carbons (Fsp3) is 0.0667. The van der Waals surface area contributed by atoms with Gasteiger partial charge in [-0.05, 0) is 18.2 Å². The summed E-state index contributed by atoms with van der Waals surface area (Å²) in [6.45, 7) is 0. The quantitative estimate of drug-likeness (QED) is 0.749. The van der Waals surface area contributed by atoms with Gasteiger partial charge >= 0.3 is 0 Å². The minimum Gasteiger partial charge on any atom is -0.508 e. The summed E-state index contributed by atoms with van der Waals surface area (Å²) in [6.07, 6.45) is 0. The topological polar surface area (TPSA) is 67.2 Å². The van der Waals surface area contributed by atoms with Crippen LogP contribution in [0.5, 0.6) is 5.75 Å². The Morgan fingerprint density at radius 3 is 2.80 bits per heavy atom. The van der Waals surface area contributed by atoms with E-state index >= 15 is 0 Å². The van der Waals surface area contributed by atoms with Gasteiger partial charge in [0.15, 0.2) is 5.69 Å². The van der Waals surface area contributed by atoms with Crippen LogP contribution in [0.2, 0.25) is 0 Å². The number of phenolic OH excluding ortho intramolecular Hbond substituents is 1. The van der Waals surface area contributed by atoms with Crippen LogP contribution in [0.15, 0.2) is 48.5 Å². The van der Waals surface area contributed by atoms with E-state index in [0.717, 1.165) is 10.9 Å². The van der Waals surface area contributed by atoms with Crippen LogP contribution in [0.4, 0.5) is 5.69 Å². The van der Waals surface area contributed by atoms with Crippen molar-refractivity contribution in [2.24, 2.45) is 7.05 Å². The number of hydrogen-bond donors (Lipinski definition) is 2. The Morgan fingerprint density at radius 1 is 1.20 bits per heavy atom. The van der Waals surface area contributed by atoms with Gasteiger partial charge in [-0.3, -0.25) is 9.48 Å². The van der Waals surface area contributed by atoms with Gasteiger partial charge in [0.1, 0.15) is 5.75 Å². The number of amides is 1. The lowest BCUT2D eigenvalue weighted by Crippen LogP contribution is -2.13. The van der Waals surface area contributed by atoms with E-state index in [9.17, 15) is 9.90 Å². The molecule has 0 aliphatic heterocycles. The molecule has 0 aliphatic rings. The number of rotatable bonds is 2. The molecule has 100 valence electrons. The third kappa shape index (κ3) is 2.09. The summed E-state index contributed by atoms with van der Waals surface area (Å²) < 4.78 is 1.67. The summed E-state index contributed by atoms with van der Waals surface area (Å²) in [5.74, 6) is -0.193. The highest BCUT2D eigenvalue weighted by Crippen LogP contribution is 2.20. The van der Waals surface area contributed by atoms with E-state index in [4.69, 9.17) is 0 Å². The van der Waals surface area contributed by atoms with Gasteiger partial charge in [-0.15, -0.1) is 0 Å². The van der Waals surface area contributed by atoms with Crippen molar-refractivity contribution in [1.82, 2.24) is 9.78 Å². The maximum absolute atomic E-state index is 12.3. The second-order valence-corrected chi connectivity index (χ2v) is 4.49. The molecule has 0 atom stereocenters. The van der Waals surface area contributed by atoms with Crippen LogP contribution in [0.3, 0.4) is 0 Å². The van der Waals surface area contributed by atoms with Crippen molar-refractivity contribution in [3.63, 3.8) is 0 Å². The van der Waals surface area contributed by atoms with Crippen molar-refractivity contribution in [2.45, 2.75) is 0 Å². The second kappa shape index (κ2) is 4.70. The Kier molecular flexibility index (Phi) is 2.87.